The molecule has 13 heavy (non-hydrogen) atoms. The van der Waals surface area contributed by atoms with Gasteiger partial charge in [-0.15, -0.1) is 0 Å². The van der Waals surface area contributed by atoms with E-state index >= 15 is 0 Å². The Morgan fingerprint density at radius 3 is 2.31 bits per heavy atom. The van der Waals surface area contributed by atoms with Crippen LogP contribution in [0.15, 0.2) is 0 Å². The molecule has 0 bridgehead atoms. The number of alkyl halides is 3. The number of hydrogen-bond acceptors (Lipinski definition) is 2. The molecule has 80 valence electrons. The summed E-state index contributed by atoms with van der Waals surface area (Å²) in [5.74, 6) is 0. The summed E-state index contributed by atoms with van der Waals surface area (Å²) >= 11 is 0. The first kappa shape index (κ1) is 12.7. The SMILES string of the molecule is CCCCNS(=O)(=O)C(F)(F)CF. The maximum Gasteiger partial charge on any atom is 0.386 e. The maximum atomic E-state index is 12.3. The summed E-state index contributed by atoms with van der Waals surface area (Å²) in [6.45, 7) is -0.509. The van der Waals surface area contributed by atoms with Gasteiger partial charge in [-0.05, 0) is 6.42 Å². The highest BCUT2D eigenvalue weighted by molar-refractivity contribution is 7.90. The molecule has 0 aliphatic rings. The Labute approximate surface area is 75.4 Å². The molecule has 0 aliphatic heterocycles. The molecular weight excluding hydrogens is 207 g/mol. The van der Waals surface area contributed by atoms with Crippen LogP contribution in [0.5, 0.6) is 0 Å². The van der Waals surface area contributed by atoms with Crippen molar-refractivity contribution in [3.8, 4) is 0 Å². The van der Waals surface area contributed by atoms with Crippen molar-refractivity contribution in [3.05, 3.63) is 0 Å². The first-order valence-corrected chi connectivity index (χ1v) is 5.28. The van der Waals surface area contributed by atoms with Gasteiger partial charge in [0, 0.05) is 6.54 Å². The van der Waals surface area contributed by atoms with Crippen LogP contribution in [0.2, 0.25) is 0 Å². The lowest BCUT2D eigenvalue weighted by Crippen LogP contribution is -2.41. The van der Waals surface area contributed by atoms with Crippen molar-refractivity contribution in [1.29, 1.82) is 0 Å². The van der Waals surface area contributed by atoms with Gasteiger partial charge in [-0.25, -0.2) is 17.5 Å². The minimum atomic E-state index is -4.84. The third-order valence-corrected chi connectivity index (χ3v) is 2.85. The molecule has 0 aromatic heterocycles. The Bertz CT molecular complexity index is 240. The first-order valence-electron chi connectivity index (χ1n) is 3.80. The molecule has 3 nitrogen and oxygen atoms in total. The van der Waals surface area contributed by atoms with E-state index in [4.69, 9.17) is 0 Å². The van der Waals surface area contributed by atoms with Crippen molar-refractivity contribution < 1.29 is 21.6 Å². The lowest BCUT2D eigenvalue weighted by atomic mass is 10.3. The van der Waals surface area contributed by atoms with E-state index in [0.29, 0.717) is 12.8 Å². The molecule has 1 N–H and O–H groups in total. The number of nitrogens with one attached hydrogen (secondary N) is 1. The predicted molar refractivity (Wildman–Crippen MR) is 42.8 cm³/mol. The van der Waals surface area contributed by atoms with E-state index in [1.165, 1.54) is 0 Å². The van der Waals surface area contributed by atoms with Gasteiger partial charge in [0.1, 0.15) is 0 Å². The summed E-state index contributed by atoms with van der Waals surface area (Å²) in [6.07, 6.45) is 1.12. The summed E-state index contributed by atoms with van der Waals surface area (Å²) in [5.41, 5.74) is 0. The molecular formula is C6H12F3NO2S. The van der Waals surface area contributed by atoms with Crippen molar-refractivity contribution >= 4 is 10.0 Å². The van der Waals surface area contributed by atoms with E-state index < -0.39 is 22.0 Å². The predicted octanol–water partition coefficient (Wildman–Crippen LogP) is 1.27. The van der Waals surface area contributed by atoms with Crippen LogP contribution in [0, 0.1) is 0 Å². The van der Waals surface area contributed by atoms with E-state index in [-0.39, 0.29) is 6.54 Å². The second-order valence-electron chi connectivity index (χ2n) is 2.52. The Morgan fingerprint density at radius 1 is 1.38 bits per heavy atom. The third kappa shape index (κ3) is 3.51. The van der Waals surface area contributed by atoms with E-state index in [2.05, 4.69) is 0 Å². The Kier molecular flexibility index (Phi) is 4.69. The van der Waals surface area contributed by atoms with Crippen molar-refractivity contribution in [2.45, 2.75) is 25.0 Å². The van der Waals surface area contributed by atoms with E-state index in [1.807, 2.05) is 0 Å². The molecule has 0 saturated carbocycles. The van der Waals surface area contributed by atoms with Gasteiger partial charge in [-0.1, -0.05) is 13.3 Å². The molecule has 0 unspecified atom stereocenters. The van der Waals surface area contributed by atoms with Crippen molar-refractivity contribution in [3.63, 3.8) is 0 Å². The molecule has 0 fully saturated rings. The second kappa shape index (κ2) is 4.80. The van der Waals surface area contributed by atoms with Crippen LogP contribution >= 0.6 is 0 Å². The van der Waals surface area contributed by atoms with Crippen molar-refractivity contribution in [1.82, 2.24) is 4.72 Å². The summed E-state index contributed by atoms with van der Waals surface area (Å²) < 4.78 is 59.2. The smallest absolute Gasteiger partial charge is 0.243 e. The highest BCUT2D eigenvalue weighted by atomic mass is 32.2. The average Bonchev–Trinajstić information content (AvgIpc) is 2.04. The van der Waals surface area contributed by atoms with Gasteiger partial charge in [0.15, 0.2) is 6.67 Å². The Balaban J connectivity index is 4.24. The number of unbranched alkanes of at least 4 members (excludes halogenated alkanes) is 1. The molecule has 0 aliphatic carbocycles. The molecule has 0 heterocycles. The number of halogens is 3. The van der Waals surface area contributed by atoms with Crippen LogP contribution in [-0.4, -0.2) is 26.9 Å². The van der Waals surface area contributed by atoms with E-state index in [0.717, 1.165) is 0 Å². The van der Waals surface area contributed by atoms with Crippen LogP contribution in [0.1, 0.15) is 19.8 Å². The lowest BCUT2D eigenvalue weighted by Gasteiger charge is -2.13. The zero-order valence-electron chi connectivity index (χ0n) is 7.19. The zero-order valence-corrected chi connectivity index (χ0v) is 8.00. The van der Waals surface area contributed by atoms with Crippen molar-refractivity contribution in [2.24, 2.45) is 0 Å². The first-order chi connectivity index (χ1) is 5.87. The maximum absolute atomic E-state index is 12.3. The average molecular weight is 219 g/mol. The monoisotopic (exact) mass is 219 g/mol. The molecule has 0 amide bonds. The van der Waals surface area contributed by atoms with Gasteiger partial charge in [-0.2, -0.15) is 8.78 Å². The largest absolute Gasteiger partial charge is 0.386 e. The highest BCUT2D eigenvalue weighted by Gasteiger charge is 2.44. The zero-order chi connectivity index (χ0) is 10.5. The van der Waals surface area contributed by atoms with Crippen LogP contribution in [0.3, 0.4) is 0 Å². The van der Waals surface area contributed by atoms with E-state index in [9.17, 15) is 21.6 Å². The van der Waals surface area contributed by atoms with Crippen LogP contribution in [0.25, 0.3) is 0 Å². The molecule has 0 saturated heterocycles. The minimum absolute atomic E-state index is 0.0889. The van der Waals surface area contributed by atoms with Crippen LogP contribution in [-0.2, 0) is 10.0 Å². The van der Waals surface area contributed by atoms with Gasteiger partial charge in [0.25, 0.3) is 10.0 Å². The molecule has 0 aromatic rings. The van der Waals surface area contributed by atoms with E-state index in [1.54, 1.807) is 11.6 Å². The summed E-state index contributed by atoms with van der Waals surface area (Å²) in [5, 5.41) is -4.32. The van der Waals surface area contributed by atoms with Crippen LogP contribution < -0.4 is 4.72 Å². The fourth-order valence-corrected chi connectivity index (χ4v) is 1.33. The van der Waals surface area contributed by atoms with Gasteiger partial charge in [0.2, 0.25) is 0 Å². The van der Waals surface area contributed by atoms with Crippen LogP contribution in [0.4, 0.5) is 13.2 Å². The Hall–Kier alpha value is -0.300. The fraction of sp³-hybridized carbons (Fsp3) is 1.00. The molecule has 0 spiro atoms. The summed E-state index contributed by atoms with van der Waals surface area (Å²) in [7, 11) is -4.84. The molecule has 0 aromatic carbocycles. The minimum Gasteiger partial charge on any atom is -0.243 e. The molecule has 0 radical (unpaired) electrons. The topological polar surface area (TPSA) is 46.2 Å². The molecule has 0 rings (SSSR count). The standard InChI is InChI=1S/C6H12F3NO2S/c1-2-3-4-10-13(11,12)6(8,9)5-7/h10H,2-5H2,1H3. The lowest BCUT2D eigenvalue weighted by molar-refractivity contribution is 0.0606. The highest BCUT2D eigenvalue weighted by Crippen LogP contribution is 2.20. The molecule has 7 heteroatoms. The van der Waals surface area contributed by atoms with Gasteiger partial charge in [-0.3, -0.25) is 0 Å². The Morgan fingerprint density at radius 2 is 1.92 bits per heavy atom. The number of hydrogen-bond donors (Lipinski definition) is 1. The summed E-state index contributed by atoms with van der Waals surface area (Å²) in [4.78, 5) is 0. The molecule has 0 atom stereocenters. The fourth-order valence-electron chi connectivity index (χ4n) is 0.561. The second-order valence-corrected chi connectivity index (χ2v) is 4.42. The summed E-state index contributed by atoms with van der Waals surface area (Å²) in [6, 6.07) is 0. The van der Waals surface area contributed by atoms with Crippen molar-refractivity contribution in [2.75, 3.05) is 13.2 Å². The number of rotatable bonds is 6. The van der Waals surface area contributed by atoms with Gasteiger partial charge in [0.05, 0.1) is 0 Å². The normalized spacial score (nSPS) is 13.2. The van der Waals surface area contributed by atoms with Gasteiger partial charge < -0.3 is 0 Å². The van der Waals surface area contributed by atoms with Gasteiger partial charge >= 0.3 is 5.25 Å². The quantitative estimate of drug-likeness (QED) is 0.684. The third-order valence-electron chi connectivity index (χ3n) is 1.37. The number of sulfonamides is 1.